The molecule has 2 aromatic carbocycles. The van der Waals surface area contributed by atoms with Gasteiger partial charge in [-0.2, -0.15) is 0 Å². The second kappa shape index (κ2) is 9.67. The van der Waals surface area contributed by atoms with Crippen molar-refractivity contribution in [3.8, 4) is 0 Å². The first kappa shape index (κ1) is 19.6. The normalized spacial score (nSPS) is 19.6. The number of carbonyl (C=O) groups excluding carboxylic acids is 1. The topological polar surface area (TPSA) is 58.4 Å². The standard InChI is InChI=1S/C23H31N3O/c1-18(22(24)21-10-6-3-7-11-21)23(27)25-16-20-13-15-26(17-20)14-12-19-8-4-2-5-9-19/h2-11,18,20,22H,12-17,24H2,1H3,(H,25,27). The molecule has 144 valence electrons. The van der Waals surface area contributed by atoms with E-state index in [1.807, 2.05) is 37.3 Å². The predicted molar refractivity (Wildman–Crippen MR) is 110 cm³/mol. The molecule has 0 aliphatic carbocycles. The van der Waals surface area contributed by atoms with Crippen LogP contribution in [0.2, 0.25) is 0 Å². The van der Waals surface area contributed by atoms with Crippen LogP contribution < -0.4 is 11.1 Å². The van der Waals surface area contributed by atoms with Crippen LogP contribution in [0.4, 0.5) is 0 Å². The molecule has 3 rings (SSSR count). The first-order valence-corrected chi connectivity index (χ1v) is 9.98. The quantitative estimate of drug-likeness (QED) is 0.756. The van der Waals surface area contributed by atoms with Crippen LogP contribution in [0, 0.1) is 11.8 Å². The van der Waals surface area contributed by atoms with Gasteiger partial charge in [0.2, 0.25) is 5.91 Å². The van der Waals surface area contributed by atoms with Gasteiger partial charge >= 0.3 is 0 Å². The number of carbonyl (C=O) groups is 1. The second-order valence-corrected chi connectivity index (χ2v) is 7.66. The number of hydrogen-bond donors (Lipinski definition) is 2. The van der Waals surface area contributed by atoms with Crippen molar-refractivity contribution in [1.29, 1.82) is 0 Å². The smallest absolute Gasteiger partial charge is 0.224 e. The van der Waals surface area contributed by atoms with E-state index >= 15 is 0 Å². The van der Waals surface area contributed by atoms with Gasteiger partial charge in [-0.25, -0.2) is 0 Å². The van der Waals surface area contributed by atoms with Crippen molar-refractivity contribution in [2.75, 3.05) is 26.2 Å². The van der Waals surface area contributed by atoms with Gasteiger partial charge in [-0.1, -0.05) is 67.6 Å². The fraction of sp³-hybridized carbons (Fsp3) is 0.435. The molecule has 1 amide bonds. The van der Waals surface area contributed by atoms with Crippen LogP contribution in [-0.2, 0) is 11.2 Å². The summed E-state index contributed by atoms with van der Waals surface area (Å²) in [5.74, 6) is 0.349. The average molecular weight is 366 g/mol. The SMILES string of the molecule is CC(C(=O)NCC1CCN(CCc2ccccc2)C1)C(N)c1ccccc1. The molecule has 4 nitrogen and oxygen atoms in total. The highest BCUT2D eigenvalue weighted by atomic mass is 16.1. The lowest BCUT2D eigenvalue weighted by molar-refractivity contribution is -0.125. The van der Waals surface area contributed by atoms with E-state index in [1.54, 1.807) is 0 Å². The Labute approximate surface area is 162 Å². The fourth-order valence-electron chi connectivity index (χ4n) is 3.75. The van der Waals surface area contributed by atoms with Crippen molar-refractivity contribution in [2.45, 2.75) is 25.8 Å². The van der Waals surface area contributed by atoms with Crippen LogP contribution in [0.15, 0.2) is 60.7 Å². The third-order valence-electron chi connectivity index (χ3n) is 5.63. The van der Waals surface area contributed by atoms with Crippen LogP contribution in [-0.4, -0.2) is 37.0 Å². The lowest BCUT2D eigenvalue weighted by Gasteiger charge is -2.21. The number of nitrogens with one attached hydrogen (secondary N) is 1. The Morgan fingerprint density at radius 2 is 1.81 bits per heavy atom. The Morgan fingerprint density at radius 3 is 2.52 bits per heavy atom. The highest BCUT2D eigenvalue weighted by Crippen LogP contribution is 2.20. The number of nitrogens with two attached hydrogens (primary N) is 1. The summed E-state index contributed by atoms with van der Waals surface area (Å²) in [6.45, 7) is 5.92. The Balaban J connectivity index is 1.39. The Morgan fingerprint density at radius 1 is 1.15 bits per heavy atom. The first-order valence-electron chi connectivity index (χ1n) is 9.98. The molecule has 0 radical (unpaired) electrons. The molecule has 0 saturated carbocycles. The van der Waals surface area contributed by atoms with Crippen LogP contribution in [0.1, 0.15) is 30.5 Å². The van der Waals surface area contributed by atoms with Crippen molar-refractivity contribution in [3.05, 3.63) is 71.8 Å². The van der Waals surface area contributed by atoms with Gasteiger partial charge in [-0.05, 0) is 36.4 Å². The molecular formula is C23H31N3O. The summed E-state index contributed by atoms with van der Waals surface area (Å²) >= 11 is 0. The molecule has 4 heteroatoms. The number of rotatable bonds is 8. The van der Waals surface area contributed by atoms with Crippen LogP contribution >= 0.6 is 0 Å². The van der Waals surface area contributed by atoms with Crippen molar-refractivity contribution in [3.63, 3.8) is 0 Å². The van der Waals surface area contributed by atoms with Gasteiger partial charge in [0, 0.05) is 25.7 Å². The summed E-state index contributed by atoms with van der Waals surface area (Å²) < 4.78 is 0. The van der Waals surface area contributed by atoms with Gasteiger partial charge in [0.1, 0.15) is 0 Å². The number of likely N-dealkylation sites (tertiary alicyclic amines) is 1. The Bertz CT molecular complexity index is 704. The van der Waals surface area contributed by atoms with Crippen LogP contribution in [0.5, 0.6) is 0 Å². The highest BCUT2D eigenvalue weighted by molar-refractivity contribution is 5.79. The lowest BCUT2D eigenvalue weighted by Crippen LogP contribution is -2.38. The molecular weight excluding hydrogens is 334 g/mol. The van der Waals surface area contributed by atoms with E-state index in [9.17, 15) is 4.79 Å². The monoisotopic (exact) mass is 365 g/mol. The predicted octanol–water partition coefficient (Wildman–Crippen LogP) is 3.00. The summed E-state index contributed by atoms with van der Waals surface area (Å²) in [4.78, 5) is 15.0. The number of nitrogens with zero attached hydrogens (tertiary/aromatic N) is 1. The maximum absolute atomic E-state index is 12.5. The maximum Gasteiger partial charge on any atom is 0.224 e. The summed E-state index contributed by atoms with van der Waals surface area (Å²) in [6, 6.07) is 20.2. The van der Waals surface area contributed by atoms with Crippen molar-refractivity contribution >= 4 is 5.91 Å². The number of benzene rings is 2. The van der Waals surface area contributed by atoms with Gasteiger partial charge in [-0.3, -0.25) is 4.79 Å². The molecule has 1 heterocycles. The van der Waals surface area contributed by atoms with Crippen molar-refractivity contribution in [1.82, 2.24) is 10.2 Å². The number of amides is 1. The van der Waals surface area contributed by atoms with E-state index in [2.05, 4.69) is 40.5 Å². The molecule has 3 unspecified atom stereocenters. The summed E-state index contributed by atoms with van der Waals surface area (Å²) in [5.41, 5.74) is 8.67. The molecule has 3 N–H and O–H groups in total. The van der Waals surface area contributed by atoms with Gasteiger partial charge in [-0.15, -0.1) is 0 Å². The van der Waals surface area contributed by atoms with Crippen LogP contribution in [0.25, 0.3) is 0 Å². The van der Waals surface area contributed by atoms with E-state index in [0.717, 1.165) is 44.6 Å². The molecule has 2 aromatic rings. The Kier molecular flexibility index (Phi) is 7.02. The second-order valence-electron chi connectivity index (χ2n) is 7.66. The zero-order valence-corrected chi connectivity index (χ0v) is 16.2. The summed E-state index contributed by atoms with van der Waals surface area (Å²) in [6.07, 6.45) is 2.23. The third-order valence-corrected chi connectivity index (χ3v) is 5.63. The van der Waals surface area contributed by atoms with E-state index in [1.165, 1.54) is 5.56 Å². The summed E-state index contributed by atoms with van der Waals surface area (Å²) in [7, 11) is 0. The average Bonchev–Trinajstić information content (AvgIpc) is 3.18. The lowest BCUT2D eigenvalue weighted by atomic mass is 9.94. The molecule has 1 aliphatic rings. The zero-order valence-electron chi connectivity index (χ0n) is 16.2. The van der Waals surface area contributed by atoms with E-state index < -0.39 is 0 Å². The minimum absolute atomic E-state index is 0.0501. The minimum atomic E-state index is -0.267. The Hall–Kier alpha value is -2.17. The van der Waals surface area contributed by atoms with Gasteiger partial charge < -0.3 is 16.0 Å². The largest absolute Gasteiger partial charge is 0.355 e. The van der Waals surface area contributed by atoms with Gasteiger partial charge in [0.25, 0.3) is 0 Å². The molecule has 3 atom stereocenters. The third kappa shape index (κ3) is 5.65. The highest BCUT2D eigenvalue weighted by Gasteiger charge is 2.25. The zero-order chi connectivity index (χ0) is 19.1. The van der Waals surface area contributed by atoms with E-state index in [0.29, 0.717) is 5.92 Å². The summed E-state index contributed by atoms with van der Waals surface area (Å²) in [5, 5.41) is 3.12. The van der Waals surface area contributed by atoms with E-state index in [-0.39, 0.29) is 17.9 Å². The molecule has 1 fully saturated rings. The molecule has 1 aliphatic heterocycles. The minimum Gasteiger partial charge on any atom is -0.355 e. The fourth-order valence-corrected chi connectivity index (χ4v) is 3.75. The molecule has 0 spiro atoms. The van der Waals surface area contributed by atoms with Gasteiger partial charge in [0.15, 0.2) is 0 Å². The van der Waals surface area contributed by atoms with Crippen molar-refractivity contribution in [2.24, 2.45) is 17.6 Å². The van der Waals surface area contributed by atoms with E-state index in [4.69, 9.17) is 5.73 Å². The first-order chi connectivity index (χ1) is 13.1. The molecule has 0 bridgehead atoms. The van der Waals surface area contributed by atoms with Gasteiger partial charge in [0.05, 0.1) is 5.92 Å². The van der Waals surface area contributed by atoms with Crippen LogP contribution in [0.3, 0.4) is 0 Å². The molecule has 0 aromatic heterocycles. The number of hydrogen-bond acceptors (Lipinski definition) is 3. The molecule has 27 heavy (non-hydrogen) atoms. The van der Waals surface area contributed by atoms with Crippen molar-refractivity contribution < 1.29 is 4.79 Å². The maximum atomic E-state index is 12.5. The molecule has 1 saturated heterocycles.